The van der Waals surface area contributed by atoms with Gasteiger partial charge in [-0.1, -0.05) is 38.7 Å². The molecule has 2 unspecified atom stereocenters. The maximum absolute atomic E-state index is 10.1. The van der Waals surface area contributed by atoms with Crippen LogP contribution in [0.1, 0.15) is 58.3 Å². The second kappa shape index (κ2) is 8.41. The van der Waals surface area contributed by atoms with Gasteiger partial charge in [-0.05, 0) is 48.6 Å². The molecule has 3 heteroatoms. The van der Waals surface area contributed by atoms with Crippen molar-refractivity contribution in [2.75, 3.05) is 0 Å². The largest absolute Gasteiger partial charge is 0.369 e. The number of allylic oxidation sites excluding steroid dienone is 1. The second-order valence-corrected chi connectivity index (χ2v) is 5.84. The minimum Gasteiger partial charge on any atom is -0.369 e. The van der Waals surface area contributed by atoms with Gasteiger partial charge in [0.25, 0.3) is 0 Å². The summed E-state index contributed by atoms with van der Waals surface area (Å²) < 4.78 is 0. The van der Waals surface area contributed by atoms with E-state index < -0.39 is 6.23 Å². The van der Waals surface area contributed by atoms with Gasteiger partial charge in [0, 0.05) is 0 Å². The molecule has 2 atom stereocenters. The summed E-state index contributed by atoms with van der Waals surface area (Å²) >= 11 is 0. The first kappa shape index (κ1) is 15.4. The topological polar surface area (TPSA) is 49.7 Å². The Morgan fingerprint density at radius 2 is 1.72 bits per heavy atom. The van der Waals surface area contributed by atoms with E-state index in [-0.39, 0.29) is 0 Å². The third-order valence-electron chi connectivity index (χ3n) is 4.35. The molecule has 1 aliphatic carbocycles. The summed E-state index contributed by atoms with van der Waals surface area (Å²) in [6.45, 7) is 6.06. The van der Waals surface area contributed by atoms with Crippen LogP contribution >= 0.6 is 0 Å². The van der Waals surface area contributed by atoms with Crippen LogP contribution in [0.15, 0.2) is 17.8 Å². The molecular formula is C15H27NO2. The van der Waals surface area contributed by atoms with Crippen LogP contribution in [-0.4, -0.2) is 11.3 Å². The van der Waals surface area contributed by atoms with Crippen molar-refractivity contribution in [3.8, 4) is 0 Å². The molecule has 3 nitrogen and oxygen atoms in total. The van der Waals surface area contributed by atoms with Gasteiger partial charge in [0.05, 0.1) is 0 Å². The van der Waals surface area contributed by atoms with E-state index in [4.69, 9.17) is 5.11 Å². The average molecular weight is 253 g/mol. The predicted octanol–water partition coefficient (Wildman–Crippen LogP) is 4.26. The molecule has 0 bridgehead atoms. The van der Waals surface area contributed by atoms with Crippen molar-refractivity contribution in [2.45, 2.75) is 64.5 Å². The first-order valence-corrected chi connectivity index (χ1v) is 7.28. The number of aliphatic hydroxyl groups excluding tert-OH is 1. The van der Waals surface area contributed by atoms with Crippen molar-refractivity contribution in [3.05, 3.63) is 17.6 Å². The predicted molar refractivity (Wildman–Crippen MR) is 75.1 cm³/mol. The SMILES string of the molecule is C=CC(C)CCC1CCC(CCC(O)N=O)CC1. The van der Waals surface area contributed by atoms with Gasteiger partial charge in [-0.3, -0.25) is 0 Å². The zero-order chi connectivity index (χ0) is 13.4. The van der Waals surface area contributed by atoms with Gasteiger partial charge in [-0.15, -0.1) is 11.5 Å². The lowest BCUT2D eigenvalue weighted by molar-refractivity contribution is 0.150. The van der Waals surface area contributed by atoms with Crippen molar-refractivity contribution in [3.63, 3.8) is 0 Å². The Morgan fingerprint density at radius 1 is 1.22 bits per heavy atom. The van der Waals surface area contributed by atoms with Crippen molar-refractivity contribution in [1.29, 1.82) is 0 Å². The molecular weight excluding hydrogens is 226 g/mol. The molecule has 0 aliphatic heterocycles. The number of aliphatic hydroxyl groups is 1. The van der Waals surface area contributed by atoms with Gasteiger partial charge in [-0.25, -0.2) is 0 Å². The Bertz CT molecular complexity index is 221. The molecule has 0 aromatic heterocycles. The van der Waals surface area contributed by atoms with E-state index in [2.05, 4.69) is 18.7 Å². The summed E-state index contributed by atoms with van der Waals surface area (Å²) in [5.74, 6) is 2.20. The van der Waals surface area contributed by atoms with E-state index in [1.54, 1.807) is 0 Å². The summed E-state index contributed by atoms with van der Waals surface area (Å²) in [7, 11) is 0. The first-order chi connectivity index (χ1) is 8.65. The zero-order valence-corrected chi connectivity index (χ0v) is 11.6. The summed E-state index contributed by atoms with van der Waals surface area (Å²) in [6.07, 6.45) is 10.2. The lowest BCUT2D eigenvalue weighted by Gasteiger charge is -2.29. The normalized spacial score (nSPS) is 27.4. The Labute approximate surface area is 111 Å². The Morgan fingerprint density at radius 3 is 2.17 bits per heavy atom. The number of hydrogen-bond acceptors (Lipinski definition) is 3. The highest BCUT2D eigenvalue weighted by Gasteiger charge is 2.21. The molecule has 0 spiro atoms. The van der Waals surface area contributed by atoms with Gasteiger partial charge in [0.2, 0.25) is 0 Å². The average Bonchev–Trinajstić information content (AvgIpc) is 2.43. The Kier molecular flexibility index (Phi) is 7.18. The summed E-state index contributed by atoms with van der Waals surface area (Å²) in [4.78, 5) is 10.1. The quantitative estimate of drug-likeness (QED) is 0.519. The minimum atomic E-state index is -0.990. The van der Waals surface area contributed by atoms with Gasteiger partial charge in [-0.2, -0.15) is 0 Å². The highest BCUT2D eigenvalue weighted by atomic mass is 16.3. The molecule has 0 saturated heterocycles. The molecule has 1 rings (SSSR count). The molecule has 1 aliphatic rings. The van der Waals surface area contributed by atoms with Crippen molar-refractivity contribution >= 4 is 0 Å². The maximum Gasteiger partial charge on any atom is 0.186 e. The zero-order valence-electron chi connectivity index (χ0n) is 11.6. The molecule has 0 heterocycles. The lowest BCUT2D eigenvalue weighted by atomic mass is 9.77. The molecule has 0 radical (unpaired) electrons. The first-order valence-electron chi connectivity index (χ1n) is 7.28. The fourth-order valence-corrected chi connectivity index (χ4v) is 2.86. The number of nitroso groups, excluding NO2 is 1. The fraction of sp³-hybridized carbons (Fsp3) is 0.867. The summed E-state index contributed by atoms with van der Waals surface area (Å²) in [6, 6.07) is 0. The van der Waals surface area contributed by atoms with E-state index in [0.29, 0.717) is 18.3 Å². The fourth-order valence-electron chi connectivity index (χ4n) is 2.86. The molecule has 1 saturated carbocycles. The van der Waals surface area contributed by atoms with E-state index >= 15 is 0 Å². The molecule has 0 aromatic carbocycles. The van der Waals surface area contributed by atoms with Gasteiger partial charge in [0.15, 0.2) is 6.23 Å². The summed E-state index contributed by atoms with van der Waals surface area (Å²) in [5, 5.41) is 11.8. The monoisotopic (exact) mass is 253 g/mol. The van der Waals surface area contributed by atoms with Crippen molar-refractivity contribution in [2.24, 2.45) is 22.9 Å². The van der Waals surface area contributed by atoms with Gasteiger partial charge < -0.3 is 5.11 Å². The van der Waals surface area contributed by atoms with Gasteiger partial charge >= 0.3 is 0 Å². The Hall–Kier alpha value is -0.700. The number of rotatable bonds is 8. The summed E-state index contributed by atoms with van der Waals surface area (Å²) in [5.41, 5.74) is 0. The molecule has 0 amide bonds. The molecule has 18 heavy (non-hydrogen) atoms. The number of hydrogen-bond donors (Lipinski definition) is 1. The van der Waals surface area contributed by atoms with Crippen LogP contribution in [0, 0.1) is 22.7 Å². The standard InChI is InChI=1S/C15H27NO2/c1-3-12(2)4-5-13-6-8-14(9-7-13)10-11-15(17)16-18/h3,12-15,17H,1,4-11H2,2H3. The smallest absolute Gasteiger partial charge is 0.186 e. The highest BCUT2D eigenvalue weighted by molar-refractivity contribution is 4.78. The molecule has 1 fully saturated rings. The van der Waals surface area contributed by atoms with Crippen LogP contribution in [-0.2, 0) is 0 Å². The Balaban J connectivity index is 2.12. The van der Waals surface area contributed by atoms with Gasteiger partial charge in [0.1, 0.15) is 0 Å². The minimum absolute atomic E-state index is 0.534. The third kappa shape index (κ3) is 5.76. The van der Waals surface area contributed by atoms with Crippen molar-refractivity contribution in [1.82, 2.24) is 0 Å². The lowest BCUT2D eigenvalue weighted by Crippen LogP contribution is -2.16. The third-order valence-corrected chi connectivity index (χ3v) is 4.35. The van der Waals surface area contributed by atoms with Crippen LogP contribution in [0.3, 0.4) is 0 Å². The van der Waals surface area contributed by atoms with Crippen LogP contribution in [0.2, 0.25) is 0 Å². The van der Waals surface area contributed by atoms with E-state index in [0.717, 1.165) is 12.3 Å². The van der Waals surface area contributed by atoms with E-state index in [9.17, 15) is 4.91 Å². The maximum atomic E-state index is 10.1. The molecule has 104 valence electrons. The highest BCUT2D eigenvalue weighted by Crippen LogP contribution is 2.34. The van der Waals surface area contributed by atoms with Crippen LogP contribution in [0.4, 0.5) is 0 Å². The second-order valence-electron chi connectivity index (χ2n) is 5.84. The van der Waals surface area contributed by atoms with Crippen molar-refractivity contribution < 1.29 is 5.11 Å². The molecule has 1 N–H and O–H groups in total. The number of nitrogens with zero attached hydrogens (tertiary/aromatic N) is 1. The van der Waals surface area contributed by atoms with Crippen LogP contribution in [0.25, 0.3) is 0 Å². The van der Waals surface area contributed by atoms with E-state index in [1.165, 1.54) is 38.5 Å². The van der Waals surface area contributed by atoms with Crippen LogP contribution in [0.5, 0.6) is 0 Å². The van der Waals surface area contributed by atoms with E-state index in [1.807, 2.05) is 6.08 Å². The molecule has 0 aromatic rings. The van der Waals surface area contributed by atoms with Crippen LogP contribution < -0.4 is 0 Å².